The highest BCUT2D eigenvalue weighted by atomic mass is 31.2. The third-order valence-corrected chi connectivity index (χ3v) is 8.75. The number of nitrogens with zero attached hydrogens (tertiary/aromatic N) is 5. The van der Waals surface area contributed by atoms with Gasteiger partial charge in [0.15, 0.2) is 5.69 Å². The van der Waals surface area contributed by atoms with Crippen LogP contribution in [0.5, 0.6) is 5.75 Å². The number of aromatic nitrogens is 5. The van der Waals surface area contributed by atoms with Crippen LogP contribution in [0.25, 0.3) is 11.3 Å². The van der Waals surface area contributed by atoms with Gasteiger partial charge in [-0.3, -0.25) is 14.0 Å². The van der Waals surface area contributed by atoms with Gasteiger partial charge in [0, 0.05) is 38.2 Å². The number of nitrogens with one attached hydrogen (secondary N) is 3. The number of aliphatic hydroxyl groups is 1. The highest BCUT2D eigenvalue weighted by Crippen LogP contribution is 2.51. The van der Waals surface area contributed by atoms with Crippen LogP contribution in [0.3, 0.4) is 0 Å². The van der Waals surface area contributed by atoms with Crippen molar-refractivity contribution in [3.63, 3.8) is 0 Å². The summed E-state index contributed by atoms with van der Waals surface area (Å²) in [5.74, 6) is -1.24. The minimum Gasteiger partial charge on any atom is -0.495 e. The number of rotatable bonds is 16. The fourth-order valence-electron chi connectivity index (χ4n) is 4.54. The second-order valence-corrected chi connectivity index (χ2v) is 12.1. The molecule has 18 heteroatoms. The Morgan fingerprint density at radius 3 is 2.42 bits per heavy atom. The van der Waals surface area contributed by atoms with Crippen molar-refractivity contribution in [3.05, 3.63) is 65.7 Å². The summed E-state index contributed by atoms with van der Waals surface area (Å²) in [5, 5.41) is 21.2. The molecule has 3 heterocycles. The molecule has 14 nitrogen and oxygen atoms in total. The molecule has 0 aliphatic heterocycles. The number of hydrogen-bond acceptors (Lipinski definition) is 12. The molecule has 1 aromatic carbocycles. The number of carbonyl (C=O) groups is 1. The third-order valence-electron chi connectivity index (χ3n) is 6.70. The highest BCUT2D eigenvalue weighted by Gasteiger charge is 2.36. The number of carbonyl (C=O) groups excluding carboxylic acids is 1. The van der Waals surface area contributed by atoms with Crippen LogP contribution < -0.4 is 20.7 Å². The van der Waals surface area contributed by atoms with Crippen LogP contribution in [0.4, 0.5) is 36.3 Å². The van der Waals surface area contributed by atoms with E-state index in [2.05, 4.69) is 36.0 Å². The van der Waals surface area contributed by atoms with E-state index in [1.54, 1.807) is 42.9 Å². The van der Waals surface area contributed by atoms with E-state index < -0.39 is 31.1 Å². The number of alkyl halides is 3. The van der Waals surface area contributed by atoms with Gasteiger partial charge in [-0.2, -0.15) is 23.3 Å². The molecule has 0 unspecified atom stereocenters. The lowest BCUT2D eigenvalue weighted by Crippen LogP contribution is -2.21. The standard InChI is InChI=1S/C30H36F3N8O6P/c1-5-46-48(44,47-6-2)18-19-8-9-23(25(14-19)45-4)39-29-35-16-21(30(31,32)33)27(40-29)38-24-11-10-22(37-26(24)28(43)34-3)20-15-36-41(17-20)12-7-13-42/h8-11,14-17,42H,5-7,12-13,18H2,1-4H3,(H,34,43)(H2,35,38,39,40). The summed E-state index contributed by atoms with van der Waals surface area (Å²) in [6.45, 7) is 4.24. The molecule has 0 saturated carbocycles. The number of benzene rings is 1. The largest absolute Gasteiger partial charge is 0.495 e. The summed E-state index contributed by atoms with van der Waals surface area (Å²) in [5.41, 5.74) is 0.385. The number of amides is 1. The zero-order valence-electron chi connectivity index (χ0n) is 26.7. The molecule has 4 N–H and O–H groups in total. The number of hydrogen-bond donors (Lipinski definition) is 4. The summed E-state index contributed by atoms with van der Waals surface area (Å²) >= 11 is 0. The molecule has 4 aromatic rings. The highest BCUT2D eigenvalue weighted by molar-refractivity contribution is 7.53. The Bertz CT molecular complexity index is 1760. The first kappa shape index (κ1) is 36.3. The molecular formula is C30H36F3N8O6P. The number of pyridine rings is 1. The van der Waals surface area contributed by atoms with Crippen molar-refractivity contribution in [2.75, 3.05) is 44.6 Å². The number of halogens is 3. The Morgan fingerprint density at radius 2 is 1.77 bits per heavy atom. The molecule has 0 bridgehead atoms. The van der Waals surface area contributed by atoms with Gasteiger partial charge in [0.2, 0.25) is 5.95 Å². The van der Waals surface area contributed by atoms with E-state index >= 15 is 0 Å². The topological polar surface area (TPSA) is 175 Å². The second kappa shape index (κ2) is 16.0. The SMILES string of the molecule is CCOP(=O)(Cc1ccc(Nc2ncc(C(F)(F)F)c(Nc3ccc(-c4cnn(CCCO)c4)nc3C(=O)NC)n2)c(OC)c1)OCC. The maximum absolute atomic E-state index is 14.1. The second-order valence-electron chi connectivity index (χ2n) is 10.1. The minimum atomic E-state index is -4.85. The smallest absolute Gasteiger partial charge is 0.421 e. The first-order valence-corrected chi connectivity index (χ1v) is 16.6. The molecule has 48 heavy (non-hydrogen) atoms. The van der Waals surface area contributed by atoms with Gasteiger partial charge in [0.1, 0.15) is 17.1 Å². The van der Waals surface area contributed by atoms with E-state index in [1.807, 2.05) is 0 Å². The predicted octanol–water partition coefficient (Wildman–Crippen LogP) is 5.76. The fraction of sp³-hybridized carbons (Fsp3) is 0.367. The quantitative estimate of drug-likeness (QED) is 0.105. The van der Waals surface area contributed by atoms with Gasteiger partial charge in [-0.25, -0.2) is 9.97 Å². The van der Waals surface area contributed by atoms with E-state index in [9.17, 15) is 22.5 Å². The van der Waals surface area contributed by atoms with Crippen LogP contribution in [-0.2, 0) is 32.5 Å². The lowest BCUT2D eigenvalue weighted by Gasteiger charge is -2.19. The van der Waals surface area contributed by atoms with Crippen LogP contribution in [0.2, 0.25) is 0 Å². The van der Waals surface area contributed by atoms with Crippen LogP contribution >= 0.6 is 7.60 Å². The molecule has 0 fully saturated rings. The van der Waals surface area contributed by atoms with Crippen molar-refractivity contribution in [1.29, 1.82) is 0 Å². The summed E-state index contributed by atoms with van der Waals surface area (Å²) in [6.07, 6.45) is -0.562. The predicted molar refractivity (Wildman–Crippen MR) is 172 cm³/mol. The van der Waals surface area contributed by atoms with Crippen LogP contribution in [0.15, 0.2) is 48.9 Å². The summed E-state index contributed by atoms with van der Waals surface area (Å²) in [7, 11) is -0.651. The first-order chi connectivity index (χ1) is 22.9. The molecule has 0 atom stereocenters. The van der Waals surface area contributed by atoms with Gasteiger partial charge in [-0.05, 0) is 50.1 Å². The zero-order valence-corrected chi connectivity index (χ0v) is 27.6. The molecule has 0 aliphatic rings. The van der Waals surface area contributed by atoms with Gasteiger partial charge in [0.05, 0.1) is 49.8 Å². The normalized spacial score (nSPS) is 11.8. The van der Waals surface area contributed by atoms with Crippen LogP contribution in [0.1, 0.15) is 41.9 Å². The Balaban J connectivity index is 1.66. The van der Waals surface area contributed by atoms with Crippen molar-refractivity contribution >= 4 is 36.6 Å². The fourth-order valence-corrected chi connectivity index (χ4v) is 6.23. The average Bonchev–Trinajstić information content (AvgIpc) is 3.53. The number of aryl methyl sites for hydroxylation is 1. The summed E-state index contributed by atoms with van der Waals surface area (Å²) in [4.78, 5) is 25.2. The minimum absolute atomic E-state index is 0.0112. The molecule has 0 aliphatic carbocycles. The lowest BCUT2D eigenvalue weighted by atomic mass is 10.1. The molecule has 0 saturated heterocycles. The van der Waals surface area contributed by atoms with Gasteiger partial charge in [-0.1, -0.05) is 6.07 Å². The molecule has 0 radical (unpaired) electrons. The van der Waals surface area contributed by atoms with Crippen molar-refractivity contribution in [3.8, 4) is 17.0 Å². The first-order valence-electron chi connectivity index (χ1n) is 14.8. The number of aliphatic hydroxyl groups excluding tert-OH is 1. The Hall–Kier alpha value is -4.57. The van der Waals surface area contributed by atoms with Crippen molar-refractivity contribution < 1.29 is 41.4 Å². The van der Waals surface area contributed by atoms with Gasteiger partial charge in [-0.15, -0.1) is 0 Å². The maximum Gasteiger partial charge on any atom is 0.421 e. The Labute approximate surface area is 274 Å². The lowest BCUT2D eigenvalue weighted by molar-refractivity contribution is -0.137. The van der Waals surface area contributed by atoms with Crippen LogP contribution in [0, 0.1) is 0 Å². The maximum atomic E-state index is 14.1. The molecule has 258 valence electrons. The van der Waals surface area contributed by atoms with E-state index in [4.69, 9.17) is 18.9 Å². The summed E-state index contributed by atoms with van der Waals surface area (Å²) in [6, 6.07) is 7.74. The van der Waals surface area contributed by atoms with E-state index in [0.717, 1.165) is 0 Å². The van der Waals surface area contributed by atoms with Crippen molar-refractivity contribution in [1.82, 2.24) is 30.0 Å². The van der Waals surface area contributed by atoms with Gasteiger partial charge in [0.25, 0.3) is 5.91 Å². The van der Waals surface area contributed by atoms with Gasteiger partial charge < -0.3 is 34.8 Å². The molecule has 4 rings (SSSR count). The van der Waals surface area contributed by atoms with E-state index in [1.165, 1.54) is 32.5 Å². The van der Waals surface area contributed by atoms with E-state index in [0.29, 0.717) is 41.7 Å². The molecule has 1 amide bonds. The Kier molecular flexibility index (Phi) is 12.1. The average molecular weight is 693 g/mol. The molecule has 0 spiro atoms. The Morgan fingerprint density at radius 1 is 1.04 bits per heavy atom. The summed E-state index contributed by atoms with van der Waals surface area (Å²) < 4.78 is 73.1. The monoisotopic (exact) mass is 692 g/mol. The van der Waals surface area contributed by atoms with Crippen molar-refractivity contribution in [2.24, 2.45) is 0 Å². The number of anilines is 4. The molecule has 3 aromatic heterocycles. The number of ether oxygens (including phenoxy) is 1. The number of methoxy groups -OCH3 is 1. The zero-order chi connectivity index (χ0) is 34.9. The molecular weight excluding hydrogens is 656 g/mol. The van der Waals surface area contributed by atoms with Gasteiger partial charge >= 0.3 is 13.8 Å². The van der Waals surface area contributed by atoms with Crippen molar-refractivity contribution in [2.45, 2.75) is 39.2 Å². The van der Waals surface area contributed by atoms with Crippen LogP contribution in [-0.4, -0.2) is 69.7 Å². The third kappa shape index (κ3) is 9.07. The van der Waals surface area contributed by atoms with E-state index in [-0.39, 0.29) is 49.1 Å².